The van der Waals surface area contributed by atoms with Crippen molar-refractivity contribution in [3.63, 3.8) is 0 Å². The van der Waals surface area contributed by atoms with E-state index in [4.69, 9.17) is 0 Å². The molecule has 0 atom stereocenters. The first-order valence-corrected chi connectivity index (χ1v) is 10.3. The summed E-state index contributed by atoms with van der Waals surface area (Å²) in [7, 11) is 0. The van der Waals surface area contributed by atoms with Gasteiger partial charge < -0.3 is 9.88 Å². The Bertz CT molecular complexity index is 1100. The van der Waals surface area contributed by atoms with Gasteiger partial charge in [0.2, 0.25) is 0 Å². The summed E-state index contributed by atoms with van der Waals surface area (Å²) in [5, 5.41) is 5.51. The minimum atomic E-state index is 0.140. The molecule has 0 saturated heterocycles. The maximum atomic E-state index is 12.7. The van der Waals surface area contributed by atoms with Crippen molar-refractivity contribution >= 4 is 65.1 Å². The minimum absolute atomic E-state index is 0.140. The lowest BCUT2D eigenvalue weighted by Gasteiger charge is -2.09. The number of carbonyl (C=O) groups is 1. The molecule has 0 spiro atoms. The zero-order chi connectivity index (χ0) is 19.0. The van der Waals surface area contributed by atoms with Crippen LogP contribution in [0, 0.1) is 6.92 Å². The molecule has 0 unspecified atom stereocenters. The lowest BCUT2D eigenvalue weighted by Crippen LogP contribution is -2.19. The Morgan fingerprint density at radius 1 is 0.926 bits per heavy atom. The number of halogens is 2. The number of benzene rings is 3. The molecule has 0 aliphatic rings. The number of carbonyl (C=O) groups excluding carboxylic acids is 1. The Kier molecular flexibility index (Phi) is 5.06. The highest BCUT2D eigenvalue weighted by molar-refractivity contribution is 9.10. The van der Waals surface area contributed by atoms with Crippen LogP contribution in [0.15, 0.2) is 69.6 Å². The van der Waals surface area contributed by atoms with E-state index in [0.29, 0.717) is 13.1 Å². The van der Waals surface area contributed by atoms with Crippen LogP contribution >= 0.6 is 31.9 Å². The van der Waals surface area contributed by atoms with Gasteiger partial charge in [0.25, 0.3) is 0 Å². The molecule has 0 saturated carbocycles. The Hall–Kier alpha value is -2.11. The molecule has 1 heterocycles. The van der Waals surface area contributed by atoms with Crippen LogP contribution in [0.25, 0.3) is 21.8 Å². The van der Waals surface area contributed by atoms with Crippen LogP contribution in [0.2, 0.25) is 0 Å². The summed E-state index contributed by atoms with van der Waals surface area (Å²) in [5.74, 6) is 0.140. The van der Waals surface area contributed by atoms with Gasteiger partial charge in [-0.15, -0.1) is 0 Å². The highest BCUT2D eigenvalue weighted by Gasteiger charge is 2.14. The van der Waals surface area contributed by atoms with Crippen molar-refractivity contribution in [1.82, 2.24) is 4.57 Å². The molecule has 0 radical (unpaired) electrons. The summed E-state index contributed by atoms with van der Waals surface area (Å²) >= 11 is 7.11. The SMILES string of the molecule is Cc1cccc(NCC(=O)Cn2c3ccc(Br)cc3c3cc(Br)ccc32)c1. The van der Waals surface area contributed by atoms with Gasteiger partial charge in [-0.1, -0.05) is 44.0 Å². The van der Waals surface area contributed by atoms with Gasteiger partial charge in [-0.05, 0) is 61.0 Å². The van der Waals surface area contributed by atoms with E-state index in [9.17, 15) is 4.79 Å². The second kappa shape index (κ2) is 7.49. The second-order valence-electron chi connectivity index (χ2n) is 6.67. The first-order chi connectivity index (χ1) is 13.0. The summed E-state index contributed by atoms with van der Waals surface area (Å²) in [5.41, 5.74) is 4.27. The third-order valence-corrected chi connectivity index (χ3v) is 5.62. The van der Waals surface area contributed by atoms with Crippen LogP contribution in [0.5, 0.6) is 0 Å². The summed E-state index contributed by atoms with van der Waals surface area (Å²) < 4.78 is 4.16. The van der Waals surface area contributed by atoms with E-state index in [1.807, 2.05) is 43.3 Å². The van der Waals surface area contributed by atoms with Gasteiger partial charge in [0.1, 0.15) is 0 Å². The quantitative estimate of drug-likeness (QED) is 0.359. The maximum absolute atomic E-state index is 12.7. The first-order valence-electron chi connectivity index (χ1n) is 8.70. The number of rotatable bonds is 5. The lowest BCUT2D eigenvalue weighted by molar-refractivity contribution is -0.117. The van der Waals surface area contributed by atoms with E-state index >= 15 is 0 Å². The van der Waals surface area contributed by atoms with E-state index in [1.54, 1.807) is 0 Å². The van der Waals surface area contributed by atoms with E-state index < -0.39 is 0 Å². The number of aryl methyl sites for hydroxylation is 1. The highest BCUT2D eigenvalue weighted by Crippen LogP contribution is 2.33. The molecular formula is C22H18Br2N2O. The Labute approximate surface area is 174 Å². The largest absolute Gasteiger partial charge is 0.378 e. The molecule has 1 aromatic heterocycles. The van der Waals surface area contributed by atoms with Crippen molar-refractivity contribution < 1.29 is 4.79 Å². The fraction of sp³-hybridized carbons (Fsp3) is 0.136. The summed E-state index contributed by atoms with van der Waals surface area (Å²) in [6.45, 7) is 2.68. The van der Waals surface area contributed by atoms with Crippen molar-refractivity contribution in [1.29, 1.82) is 0 Å². The number of fused-ring (bicyclic) bond motifs is 3. The zero-order valence-corrected chi connectivity index (χ0v) is 18.0. The minimum Gasteiger partial charge on any atom is -0.378 e. The van der Waals surface area contributed by atoms with Gasteiger partial charge in [0, 0.05) is 36.4 Å². The van der Waals surface area contributed by atoms with Crippen molar-refractivity contribution in [3.05, 3.63) is 75.2 Å². The van der Waals surface area contributed by atoms with Gasteiger partial charge in [-0.25, -0.2) is 0 Å². The number of nitrogens with one attached hydrogen (secondary N) is 1. The topological polar surface area (TPSA) is 34.0 Å². The van der Waals surface area contributed by atoms with Gasteiger partial charge >= 0.3 is 0 Å². The second-order valence-corrected chi connectivity index (χ2v) is 8.50. The third-order valence-electron chi connectivity index (χ3n) is 4.63. The average molecular weight is 486 g/mol. The third kappa shape index (κ3) is 3.80. The molecule has 4 aromatic rings. The fourth-order valence-electron chi connectivity index (χ4n) is 3.41. The average Bonchev–Trinajstić information content (AvgIpc) is 2.92. The molecule has 0 aliphatic carbocycles. The number of hydrogen-bond donors (Lipinski definition) is 1. The van der Waals surface area contributed by atoms with Gasteiger partial charge in [0.05, 0.1) is 13.1 Å². The number of Topliss-reactive ketones (excluding diaryl/α,β-unsaturated/α-hetero) is 1. The molecule has 136 valence electrons. The van der Waals surface area contributed by atoms with Crippen LogP contribution in [-0.2, 0) is 11.3 Å². The predicted molar refractivity (Wildman–Crippen MR) is 120 cm³/mol. The summed E-state index contributed by atoms with van der Waals surface area (Å²) in [6.07, 6.45) is 0. The molecule has 5 heteroatoms. The number of hydrogen-bond acceptors (Lipinski definition) is 2. The maximum Gasteiger partial charge on any atom is 0.171 e. The van der Waals surface area contributed by atoms with Crippen LogP contribution in [0.3, 0.4) is 0 Å². The van der Waals surface area contributed by atoms with Crippen LogP contribution < -0.4 is 5.32 Å². The first kappa shape index (κ1) is 18.3. The summed E-state index contributed by atoms with van der Waals surface area (Å²) in [6, 6.07) is 20.4. The molecular weight excluding hydrogens is 468 g/mol. The number of aromatic nitrogens is 1. The number of anilines is 1. The van der Waals surface area contributed by atoms with Crippen molar-refractivity contribution in [2.24, 2.45) is 0 Å². The molecule has 27 heavy (non-hydrogen) atoms. The molecule has 0 fully saturated rings. The van der Waals surface area contributed by atoms with Crippen molar-refractivity contribution in [2.75, 3.05) is 11.9 Å². The predicted octanol–water partition coefficient (Wildman–Crippen LogP) is 6.31. The van der Waals surface area contributed by atoms with E-state index in [-0.39, 0.29) is 5.78 Å². The molecule has 0 bridgehead atoms. The summed E-state index contributed by atoms with van der Waals surface area (Å²) in [4.78, 5) is 12.7. The highest BCUT2D eigenvalue weighted by atomic mass is 79.9. The Morgan fingerprint density at radius 2 is 1.56 bits per heavy atom. The molecule has 3 nitrogen and oxygen atoms in total. The van der Waals surface area contributed by atoms with Crippen LogP contribution in [-0.4, -0.2) is 16.9 Å². The smallest absolute Gasteiger partial charge is 0.171 e. The normalized spacial score (nSPS) is 11.2. The van der Waals surface area contributed by atoms with Gasteiger partial charge in [-0.3, -0.25) is 4.79 Å². The Morgan fingerprint density at radius 3 is 2.15 bits per heavy atom. The Balaban J connectivity index is 1.65. The van der Waals surface area contributed by atoms with Crippen molar-refractivity contribution in [3.8, 4) is 0 Å². The zero-order valence-electron chi connectivity index (χ0n) is 14.8. The van der Waals surface area contributed by atoms with E-state index in [2.05, 4.69) is 66.0 Å². The molecule has 1 N–H and O–H groups in total. The monoisotopic (exact) mass is 484 g/mol. The van der Waals surface area contributed by atoms with Crippen LogP contribution in [0.4, 0.5) is 5.69 Å². The van der Waals surface area contributed by atoms with E-state index in [1.165, 1.54) is 5.56 Å². The number of nitrogens with zero attached hydrogens (tertiary/aromatic N) is 1. The van der Waals surface area contributed by atoms with Gasteiger partial charge in [-0.2, -0.15) is 0 Å². The molecule has 0 amide bonds. The lowest BCUT2D eigenvalue weighted by atomic mass is 10.2. The van der Waals surface area contributed by atoms with Gasteiger partial charge in [0.15, 0.2) is 5.78 Å². The molecule has 3 aromatic carbocycles. The molecule has 0 aliphatic heterocycles. The number of ketones is 1. The fourth-order valence-corrected chi connectivity index (χ4v) is 4.13. The molecule has 4 rings (SSSR count). The van der Waals surface area contributed by atoms with Crippen molar-refractivity contribution in [2.45, 2.75) is 13.5 Å². The van der Waals surface area contributed by atoms with Crippen LogP contribution in [0.1, 0.15) is 5.56 Å². The van der Waals surface area contributed by atoms with E-state index in [0.717, 1.165) is 36.4 Å². The standard InChI is InChI=1S/C22H18Br2N2O/c1-14-3-2-4-17(9-14)25-12-18(27)13-26-21-7-5-15(23)10-19(21)20-11-16(24)6-8-22(20)26/h2-11,25H,12-13H2,1H3.